The highest BCUT2D eigenvalue weighted by Crippen LogP contribution is 1.77. The maximum Gasteiger partial charge on any atom is 0.123 e. The molecule has 1 heteroatoms. The van der Waals surface area contributed by atoms with Gasteiger partial charge in [-0.3, -0.25) is 0 Å². The van der Waals surface area contributed by atoms with Gasteiger partial charge in [-0.1, -0.05) is 6.92 Å². The van der Waals surface area contributed by atoms with Gasteiger partial charge in [-0.25, -0.2) is 0 Å². The number of carbonyl (C=O) groups is 1. The molecule has 0 bridgehead atoms. The Bertz CT molecular complexity index is 30.6. The van der Waals surface area contributed by atoms with Crippen molar-refractivity contribution < 1.29 is 4.79 Å². The normalized spacial score (nSPS) is 8.60. The van der Waals surface area contributed by atoms with Crippen LogP contribution in [-0.2, 0) is 4.79 Å². The molecule has 0 fully saturated rings. The monoisotopic (exact) mass is 70.0 g/mol. The molecule has 0 rings (SSSR count). The molecule has 0 aromatic carbocycles. The summed E-state index contributed by atoms with van der Waals surface area (Å²) in [7, 11) is 0. The van der Waals surface area contributed by atoms with E-state index in [0.717, 1.165) is 0 Å². The molecule has 0 heterocycles. The zero-order valence-corrected chi connectivity index (χ0v) is 3.14. The van der Waals surface area contributed by atoms with Gasteiger partial charge in [-0.05, 0) is 6.92 Å². The molecule has 0 saturated carbocycles. The van der Waals surface area contributed by atoms with Crippen LogP contribution in [0.15, 0.2) is 0 Å². The Kier molecular flexibility index (Phi) is 1.81. The predicted octanol–water partition coefficient (Wildman–Crippen LogP) is 0.532. The number of carbonyl (C=O) groups excluding carboxylic acids is 1. The van der Waals surface area contributed by atoms with Crippen molar-refractivity contribution in [1.82, 2.24) is 0 Å². The van der Waals surface area contributed by atoms with Crippen LogP contribution in [0, 0.1) is 12.8 Å². The molecule has 1 nitrogen and oxygen atoms in total. The topological polar surface area (TPSA) is 17.1 Å². The smallest absolute Gasteiger partial charge is 0.123 e. The first kappa shape index (κ1) is 4.67. The van der Waals surface area contributed by atoms with E-state index in [0.29, 0.717) is 6.29 Å². The van der Waals surface area contributed by atoms with Crippen molar-refractivity contribution in [1.29, 1.82) is 0 Å². The van der Waals surface area contributed by atoms with E-state index >= 15 is 0 Å². The Morgan fingerprint density at radius 1 is 2.00 bits per heavy atom. The van der Waals surface area contributed by atoms with Gasteiger partial charge in [-0.2, -0.15) is 0 Å². The fourth-order valence-electron chi connectivity index (χ4n) is 0. The average Bonchev–Trinajstić information content (AvgIpc) is 1.38. The van der Waals surface area contributed by atoms with Gasteiger partial charge in [-0.15, -0.1) is 0 Å². The Morgan fingerprint density at radius 2 is 2.20 bits per heavy atom. The van der Waals surface area contributed by atoms with E-state index in [1.807, 2.05) is 0 Å². The van der Waals surface area contributed by atoms with Gasteiger partial charge in [0.1, 0.15) is 6.29 Å². The Hall–Kier alpha value is -0.330. The molecule has 5 heavy (non-hydrogen) atoms. The Balaban J connectivity index is 2.83. The van der Waals surface area contributed by atoms with Crippen LogP contribution in [0.5, 0.6) is 0 Å². The van der Waals surface area contributed by atoms with Crippen LogP contribution in [0.2, 0.25) is 0 Å². The number of aldehydes is 1. The zero-order chi connectivity index (χ0) is 4.28. The highest BCUT2D eigenvalue weighted by atomic mass is 16.1. The van der Waals surface area contributed by atoms with E-state index in [1.165, 1.54) is 0 Å². The van der Waals surface area contributed by atoms with Gasteiger partial charge in [0, 0.05) is 5.92 Å². The Labute approximate surface area is 32.0 Å². The molecule has 0 aromatic heterocycles. The fraction of sp³-hybridized carbons (Fsp3) is 0.500. The van der Waals surface area contributed by atoms with Gasteiger partial charge in [0.2, 0.25) is 0 Å². The summed E-state index contributed by atoms with van der Waals surface area (Å²) >= 11 is 0. The molecule has 2 radical (unpaired) electrons. The largest absolute Gasteiger partial charge is 0.303 e. The molecule has 0 unspecified atom stereocenters. The second-order valence-electron chi connectivity index (χ2n) is 0.995. The molecule has 0 N–H and O–H groups in total. The molecule has 1 atom stereocenters. The van der Waals surface area contributed by atoms with Crippen LogP contribution in [0.3, 0.4) is 0 Å². The minimum absolute atomic E-state index is 0.296. The highest BCUT2D eigenvalue weighted by Gasteiger charge is 1.80. The lowest BCUT2D eigenvalue weighted by Crippen LogP contribution is -1.83. The highest BCUT2D eigenvalue weighted by molar-refractivity contribution is 5.53. The lowest BCUT2D eigenvalue weighted by atomic mass is 10.3. The second-order valence-corrected chi connectivity index (χ2v) is 0.995. The standard InChI is InChI=1S/C4H6O/c1-4(2)3-5/h1,3-4H,2H3/t4-/m0/s1. The third-order valence-electron chi connectivity index (χ3n) is 0.215. The van der Waals surface area contributed by atoms with Crippen molar-refractivity contribution in [3.63, 3.8) is 0 Å². The second kappa shape index (κ2) is 1.94. The van der Waals surface area contributed by atoms with Crippen molar-refractivity contribution in [3.8, 4) is 0 Å². The molecule has 0 aliphatic rings. The first-order valence-corrected chi connectivity index (χ1v) is 1.48. The van der Waals surface area contributed by atoms with Crippen LogP contribution in [-0.4, -0.2) is 6.29 Å². The maximum atomic E-state index is 9.38. The molecular formula is C4H6O. The quantitative estimate of drug-likeness (QED) is 0.411. The average molecular weight is 70.1 g/mol. The van der Waals surface area contributed by atoms with Gasteiger partial charge >= 0.3 is 0 Å². The van der Waals surface area contributed by atoms with Crippen LogP contribution in [0.1, 0.15) is 6.92 Å². The van der Waals surface area contributed by atoms with Crippen molar-refractivity contribution in [2.45, 2.75) is 6.92 Å². The molecule has 0 amide bonds. The fourth-order valence-corrected chi connectivity index (χ4v) is 0. The summed E-state index contributed by atoms with van der Waals surface area (Å²) in [6, 6.07) is 0. The third kappa shape index (κ3) is 3.67. The summed E-state index contributed by atoms with van der Waals surface area (Å²) in [6.07, 6.45) is 0.694. The maximum absolute atomic E-state index is 9.38. The summed E-state index contributed by atoms with van der Waals surface area (Å²) in [5.41, 5.74) is 0. The molecule has 0 spiro atoms. The minimum atomic E-state index is -0.296. The van der Waals surface area contributed by atoms with E-state index in [9.17, 15) is 4.79 Å². The summed E-state index contributed by atoms with van der Waals surface area (Å²) in [6.45, 7) is 6.56. The van der Waals surface area contributed by atoms with Gasteiger partial charge in [0.25, 0.3) is 0 Å². The molecule has 0 aromatic rings. The predicted molar refractivity (Wildman–Crippen MR) is 19.5 cm³/mol. The zero-order valence-electron chi connectivity index (χ0n) is 3.14. The molecule has 28 valence electrons. The van der Waals surface area contributed by atoms with Crippen LogP contribution >= 0.6 is 0 Å². The summed E-state index contributed by atoms with van der Waals surface area (Å²) in [4.78, 5) is 9.38. The van der Waals surface area contributed by atoms with Crippen LogP contribution in [0.4, 0.5) is 0 Å². The lowest BCUT2D eigenvalue weighted by Gasteiger charge is -1.78. The molecule has 0 saturated heterocycles. The SMILES string of the molecule is [CH][C@@H](C)C=O. The van der Waals surface area contributed by atoms with E-state index in [2.05, 4.69) is 0 Å². The van der Waals surface area contributed by atoms with Crippen LogP contribution < -0.4 is 0 Å². The Morgan fingerprint density at radius 3 is 2.20 bits per heavy atom. The molecular weight excluding hydrogens is 64.0 g/mol. The van der Waals surface area contributed by atoms with Gasteiger partial charge < -0.3 is 4.79 Å². The van der Waals surface area contributed by atoms with Gasteiger partial charge in [0.15, 0.2) is 0 Å². The molecule has 0 aliphatic carbocycles. The van der Waals surface area contributed by atoms with Crippen LogP contribution in [0.25, 0.3) is 0 Å². The first-order chi connectivity index (χ1) is 2.27. The van der Waals surface area contributed by atoms with Crippen molar-refractivity contribution in [3.05, 3.63) is 6.92 Å². The van der Waals surface area contributed by atoms with Crippen molar-refractivity contribution >= 4 is 6.29 Å². The van der Waals surface area contributed by atoms with E-state index in [-0.39, 0.29) is 5.92 Å². The summed E-state index contributed by atoms with van der Waals surface area (Å²) in [5, 5.41) is 0. The van der Waals surface area contributed by atoms with Gasteiger partial charge in [0.05, 0.1) is 0 Å². The number of hydrogen-bond donors (Lipinski definition) is 0. The first-order valence-electron chi connectivity index (χ1n) is 1.48. The van der Waals surface area contributed by atoms with E-state index in [1.54, 1.807) is 6.92 Å². The number of hydrogen-bond acceptors (Lipinski definition) is 1. The van der Waals surface area contributed by atoms with Crippen molar-refractivity contribution in [2.75, 3.05) is 0 Å². The third-order valence-corrected chi connectivity index (χ3v) is 0.215. The van der Waals surface area contributed by atoms with E-state index < -0.39 is 0 Å². The van der Waals surface area contributed by atoms with Crippen molar-refractivity contribution in [2.24, 2.45) is 5.92 Å². The molecule has 0 aliphatic heterocycles. The lowest BCUT2D eigenvalue weighted by molar-refractivity contribution is -0.109. The minimum Gasteiger partial charge on any atom is -0.303 e. The summed E-state index contributed by atoms with van der Waals surface area (Å²) < 4.78 is 0. The summed E-state index contributed by atoms with van der Waals surface area (Å²) in [5.74, 6) is -0.296. The van der Waals surface area contributed by atoms with E-state index in [4.69, 9.17) is 6.92 Å². The number of rotatable bonds is 1.